The van der Waals surface area contributed by atoms with Crippen LogP contribution in [-0.4, -0.2) is 10.7 Å². The summed E-state index contributed by atoms with van der Waals surface area (Å²) in [5.74, 6) is 2.05. The summed E-state index contributed by atoms with van der Waals surface area (Å²) < 4.78 is 2.17. The highest BCUT2D eigenvalue weighted by molar-refractivity contribution is 5.96. The summed E-state index contributed by atoms with van der Waals surface area (Å²) >= 11 is 0. The number of nitrogens with zero attached hydrogens (tertiary/aromatic N) is 3. The molecule has 1 aromatic heterocycles. The van der Waals surface area contributed by atoms with E-state index in [1.54, 1.807) is 0 Å². The van der Waals surface area contributed by atoms with E-state index >= 15 is 0 Å². The van der Waals surface area contributed by atoms with E-state index in [4.69, 9.17) is 0 Å². The molecule has 2 aliphatic heterocycles. The molecule has 0 bridgehead atoms. The highest BCUT2D eigenvalue weighted by atomic mass is 15.3. The normalized spacial score (nSPS) is 17.5. The second kappa shape index (κ2) is 3.30. The van der Waals surface area contributed by atoms with E-state index in [2.05, 4.69) is 65.0 Å². The summed E-state index contributed by atoms with van der Waals surface area (Å²) in [4.78, 5) is 6.79. The van der Waals surface area contributed by atoms with Gasteiger partial charge in [0, 0.05) is 18.3 Å². The van der Waals surface area contributed by atoms with Crippen LogP contribution in [-0.2, 0) is 6.67 Å². The fraction of sp³-hybridized carbons (Fsp3) is 0.231. The molecule has 3 heteroatoms. The van der Waals surface area contributed by atoms with Crippen LogP contribution in [0, 0.1) is 6.92 Å². The molecule has 2 aliphatic rings. The van der Waals surface area contributed by atoms with Crippen molar-refractivity contribution in [3.8, 4) is 0 Å². The molecule has 80 valence electrons. The first-order valence-corrected chi connectivity index (χ1v) is 5.44. The fourth-order valence-electron chi connectivity index (χ4n) is 2.02. The van der Waals surface area contributed by atoms with Gasteiger partial charge in [-0.25, -0.2) is 4.57 Å². The van der Waals surface area contributed by atoms with Gasteiger partial charge in [-0.3, -0.25) is 4.90 Å². The molecule has 0 radical (unpaired) electrons. The number of hydrogen-bond acceptors (Lipinski definition) is 2. The van der Waals surface area contributed by atoms with Crippen molar-refractivity contribution in [2.75, 3.05) is 0 Å². The number of allylic oxidation sites excluding steroid dienone is 2. The van der Waals surface area contributed by atoms with Crippen LogP contribution in [0.3, 0.4) is 0 Å². The first-order chi connectivity index (χ1) is 7.72. The van der Waals surface area contributed by atoms with Gasteiger partial charge in [-0.1, -0.05) is 6.08 Å². The van der Waals surface area contributed by atoms with E-state index in [1.807, 2.05) is 0 Å². The van der Waals surface area contributed by atoms with Gasteiger partial charge in [-0.05, 0) is 36.0 Å². The number of rotatable bonds is 0. The Bertz CT molecular complexity index is 538. The van der Waals surface area contributed by atoms with Crippen molar-refractivity contribution in [3.05, 3.63) is 47.8 Å². The number of aryl methyl sites for hydroxylation is 1. The van der Waals surface area contributed by atoms with Crippen molar-refractivity contribution < 1.29 is 4.57 Å². The molecular weight excluding hydrogens is 198 g/mol. The van der Waals surface area contributed by atoms with Crippen molar-refractivity contribution in [2.24, 2.45) is 4.99 Å². The topological polar surface area (TPSA) is 19.5 Å². The molecule has 16 heavy (non-hydrogen) atoms. The number of fused-ring (bicyclic) bond motifs is 2. The Hall–Kier alpha value is -1.90. The maximum absolute atomic E-state index is 4.62. The minimum absolute atomic E-state index is 0.845. The van der Waals surface area contributed by atoms with Crippen LogP contribution in [0.1, 0.15) is 12.5 Å². The summed E-state index contributed by atoms with van der Waals surface area (Å²) in [6.07, 6.45) is 8.44. The minimum Gasteiger partial charge on any atom is -0.274 e. The van der Waals surface area contributed by atoms with Gasteiger partial charge in [0.2, 0.25) is 0 Å². The van der Waals surface area contributed by atoms with Crippen LogP contribution in [0.25, 0.3) is 0 Å². The molecule has 0 N–H and O–H groups in total. The lowest BCUT2D eigenvalue weighted by atomic mass is 10.2. The Morgan fingerprint density at radius 2 is 2.12 bits per heavy atom. The van der Waals surface area contributed by atoms with Crippen molar-refractivity contribution >= 4 is 11.7 Å². The number of aliphatic imine (C=N–C) groups is 1. The summed E-state index contributed by atoms with van der Waals surface area (Å²) in [6.45, 7) is 5.05. The first-order valence-electron chi connectivity index (χ1n) is 5.44. The van der Waals surface area contributed by atoms with Crippen LogP contribution in [0.4, 0.5) is 5.82 Å². The third-order valence-electron chi connectivity index (χ3n) is 2.83. The van der Waals surface area contributed by atoms with E-state index < -0.39 is 0 Å². The van der Waals surface area contributed by atoms with E-state index in [9.17, 15) is 0 Å². The number of hydrogen-bond donors (Lipinski definition) is 0. The largest absolute Gasteiger partial charge is 0.327 e. The molecule has 3 heterocycles. The van der Waals surface area contributed by atoms with E-state index in [1.165, 1.54) is 11.1 Å². The monoisotopic (exact) mass is 212 g/mol. The fourth-order valence-corrected chi connectivity index (χ4v) is 2.02. The van der Waals surface area contributed by atoms with Crippen LogP contribution < -0.4 is 4.57 Å². The predicted octanol–water partition coefficient (Wildman–Crippen LogP) is 2.06. The molecule has 0 fully saturated rings. The van der Waals surface area contributed by atoms with Crippen LogP contribution in [0.15, 0.2) is 47.2 Å². The summed E-state index contributed by atoms with van der Waals surface area (Å²) in [6, 6.07) is 4.16. The van der Waals surface area contributed by atoms with Gasteiger partial charge in [-0.2, -0.15) is 0 Å². The molecule has 0 atom stereocenters. The molecule has 3 nitrogen and oxygen atoms in total. The SMILES string of the molecule is CC1=CN2C[n+]3cc(C)ccc3N=C2C=C1. The number of pyridine rings is 1. The smallest absolute Gasteiger partial charge is 0.274 e. The van der Waals surface area contributed by atoms with Gasteiger partial charge in [0.25, 0.3) is 5.84 Å². The zero-order valence-electron chi connectivity index (χ0n) is 9.51. The molecule has 3 rings (SSSR count). The zero-order chi connectivity index (χ0) is 11.1. The van der Waals surface area contributed by atoms with Crippen molar-refractivity contribution in [2.45, 2.75) is 20.5 Å². The van der Waals surface area contributed by atoms with Crippen LogP contribution >= 0.6 is 0 Å². The second-order valence-corrected chi connectivity index (χ2v) is 4.32. The molecule has 0 saturated heterocycles. The summed E-state index contributed by atoms with van der Waals surface area (Å²) in [5.41, 5.74) is 2.52. The summed E-state index contributed by atoms with van der Waals surface area (Å²) in [7, 11) is 0. The second-order valence-electron chi connectivity index (χ2n) is 4.32. The van der Waals surface area contributed by atoms with Crippen molar-refractivity contribution in [1.29, 1.82) is 0 Å². The van der Waals surface area contributed by atoms with Gasteiger partial charge < -0.3 is 0 Å². The van der Waals surface area contributed by atoms with Crippen molar-refractivity contribution in [1.82, 2.24) is 4.90 Å². The van der Waals surface area contributed by atoms with Gasteiger partial charge in [0.05, 0.1) is 6.20 Å². The quantitative estimate of drug-likeness (QED) is 0.602. The minimum atomic E-state index is 0.845. The standard InChI is InChI=1S/C13H14N3/c1-10-3-5-12-14-13-6-4-11(2)8-16(13)9-15(12)7-10/h3-8H,9H2,1-2H3/q+1. The van der Waals surface area contributed by atoms with Gasteiger partial charge in [-0.15, -0.1) is 0 Å². The Kier molecular flexibility index (Phi) is 1.93. The molecule has 0 spiro atoms. The highest BCUT2D eigenvalue weighted by Crippen LogP contribution is 2.18. The molecular formula is C13H14N3+. The van der Waals surface area contributed by atoms with Gasteiger partial charge in [0.15, 0.2) is 6.67 Å². The maximum atomic E-state index is 4.62. The third-order valence-corrected chi connectivity index (χ3v) is 2.83. The first kappa shape index (κ1) is 9.33. The van der Waals surface area contributed by atoms with Gasteiger partial charge in [0.1, 0.15) is 0 Å². The zero-order valence-corrected chi connectivity index (χ0v) is 9.51. The van der Waals surface area contributed by atoms with E-state index in [-0.39, 0.29) is 0 Å². The Morgan fingerprint density at radius 3 is 3.00 bits per heavy atom. The molecule has 0 aromatic carbocycles. The molecule has 0 aliphatic carbocycles. The van der Waals surface area contributed by atoms with Crippen molar-refractivity contribution in [3.63, 3.8) is 0 Å². The Labute approximate surface area is 95.0 Å². The average molecular weight is 212 g/mol. The number of aromatic nitrogens is 1. The lowest BCUT2D eigenvalue weighted by Gasteiger charge is -2.23. The van der Waals surface area contributed by atoms with E-state index in [0.717, 1.165) is 18.3 Å². The van der Waals surface area contributed by atoms with Crippen LogP contribution in [0.2, 0.25) is 0 Å². The maximum Gasteiger partial charge on any atom is 0.327 e. The Morgan fingerprint density at radius 1 is 1.25 bits per heavy atom. The van der Waals surface area contributed by atoms with Crippen LogP contribution in [0.5, 0.6) is 0 Å². The van der Waals surface area contributed by atoms with E-state index in [0.29, 0.717) is 0 Å². The number of amidine groups is 1. The average Bonchev–Trinajstić information content (AvgIpc) is 2.26. The lowest BCUT2D eigenvalue weighted by molar-refractivity contribution is -0.700. The highest BCUT2D eigenvalue weighted by Gasteiger charge is 2.25. The third kappa shape index (κ3) is 1.45. The molecule has 0 saturated carbocycles. The van der Waals surface area contributed by atoms with Gasteiger partial charge >= 0.3 is 5.82 Å². The molecule has 0 amide bonds. The molecule has 0 unspecified atom stereocenters. The lowest BCUT2D eigenvalue weighted by Crippen LogP contribution is -2.47. The predicted molar refractivity (Wildman–Crippen MR) is 63.2 cm³/mol. The molecule has 1 aromatic rings. The Balaban J connectivity index is 2.09. The summed E-state index contributed by atoms with van der Waals surface area (Å²) in [5, 5.41) is 0.